The van der Waals surface area contributed by atoms with Crippen LogP contribution in [-0.4, -0.2) is 27.2 Å². The van der Waals surface area contributed by atoms with E-state index in [0.29, 0.717) is 22.7 Å². The lowest BCUT2D eigenvalue weighted by atomic mass is 10.0. The van der Waals surface area contributed by atoms with Gasteiger partial charge in [-0.15, -0.1) is 0 Å². The minimum atomic E-state index is -0.392. The molecule has 0 radical (unpaired) electrons. The zero-order valence-electron chi connectivity index (χ0n) is 17.4. The summed E-state index contributed by atoms with van der Waals surface area (Å²) >= 11 is 0. The molecule has 1 aliphatic heterocycles. The molecule has 3 aromatic carbocycles. The molecule has 1 heterocycles. The van der Waals surface area contributed by atoms with Crippen molar-refractivity contribution in [2.45, 2.75) is 13.1 Å². The highest BCUT2D eigenvalue weighted by Crippen LogP contribution is 2.41. The number of amides is 1. The molecule has 1 atom stereocenters. The van der Waals surface area contributed by atoms with Crippen molar-refractivity contribution in [1.82, 2.24) is 0 Å². The van der Waals surface area contributed by atoms with Gasteiger partial charge < -0.3 is 19.5 Å². The summed E-state index contributed by atoms with van der Waals surface area (Å²) in [6, 6.07) is 19.1. The quantitative estimate of drug-likeness (QED) is 0.662. The number of carbonyl (C=O) groups excluding carboxylic acids is 1. The number of hydrogen-bond donors (Lipinski definition) is 1. The van der Waals surface area contributed by atoms with Gasteiger partial charge in [-0.1, -0.05) is 29.8 Å². The Labute approximate surface area is 176 Å². The number of rotatable bonds is 5. The second kappa shape index (κ2) is 7.99. The van der Waals surface area contributed by atoms with Crippen molar-refractivity contribution in [3.05, 3.63) is 77.4 Å². The number of nitrogens with zero attached hydrogens (tertiary/aromatic N) is 1. The van der Waals surface area contributed by atoms with Crippen LogP contribution in [0.3, 0.4) is 0 Å². The van der Waals surface area contributed by atoms with E-state index in [0.717, 1.165) is 22.6 Å². The highest BCUT2D eigenvalue weighted by molar-refractivity contribution is 6.12. The molecule has 1 amide bonds. The molecule has 0 aliphatic carbocycles. The normalized spacial score (nSPS) is 15.3. The lowest BCUT2D eigenvalue weighted by Gasteiger charge is -2.38. The molecule has 4 rings (SSSR count). The second-order valence-electron chi connectivity index (χ2n) is 7.08. The van der Waals surface area contributed by atoms with Crippen LogP contribution in [0.25, 0.3) is 0 Å². The van der Waals surface area contributed by atoms with E-state index in [1.165, 1.54) is 0 Å². The molecule has 0 saturated carbocycles. The summed E-state index contributed by atoms with van der Waals surface area (Å²) in [4.78, 5) is 15.4. The van der Waals surface area contributed by atoms with Gasteiger partial charge in [-0.25, -0.2) is 0 Å². The Bertz CT molecular complexity index is 1060. The fraction of sp³-hybridized carbons (Fsp3) is 0.208. The van der Waals surface area contributed by atoms with E-state index in [2.05, 4.69) is 5.32 Å². The van der Waals surface area contributed by atoms with E-state index >= 15 is 0 Å². The predicted octanol–water partition coefficient (Wildman–Crippen LogP) is 4.79. The van der Waals surface area contributed by atoms with Crippen molar-refractivity contribution in [1.29, 1.82) is 0 Å². The number of carbonyl (C=O) groups is 1. The van der Waals surface area contributed by atoms with Crippen LogP contribution < -0.4 is 24.4 Å². The number of anilines is 2. The summed E-state index contributed by atoms with van der Waals surface area (Å²) in [5, 5.41) is 3.50. The maximum atomic E-state index is 13.6. The summed E-state index contributed by atoms with van der Waals surface area (Å²) in [6.07, 6.45) is -0.392. The van der Waals surface area contributed by atoms with Crippen LogP contribution in [0.4, 0.5) is 11.4 Å². The van der Waals surface area contributed by atoms with Crippen molar-refractivity contribution in [2.75, 3.05) is 31.5 Å². The molecule has 6 heteroatoms. The van der Waals surface area contributed by atoms with E-state index in [1.54, 1.807) is 38.4 Å². The summed E-state index contributed by atoms with van der Waals surface area (Å²) in [6.45, 7) is 2.02. The molecule has 3 aromatic rings. The van der Waals surface area contributed by atoms with E-state index < -0.39 is 6.17 Å². The van der Waals surface area contributed by atoms with Gasteiger partial charge in [0.25, 0.3) is 5.91 Å². The Balaban J connectivity index is 1.85. The van der Waals surface area contributed by atoms with Crippen LogP contribution in [0.2, 0.25) is 0 Å². The van der Waals surface area contributed by atoms with Crippen LogP contribution in [0.5, 0.6) is 17.2 Å². The fourth-order valence-electron chi connectivity index (χ4n) is 3.62. The van der Waals surface area contributed by atoms with Crippen molar-refractivity contribution < 1.29 is 19.0 Å². The zero-order chi connectivity index (χ0) is 21.3. The Morgan fingerprint density at radius 1 is 0.833 bits per heavy atom. The number of nitrogens with one attached hydrogen (secondary N) is 1. The van der Waals surface area contributed by atoms with Gasteiger partial charge in [0.15, 0.2) is 11.5 Å². The monoisotopic (exact) mass is 404 g/mol. The summed E-state index contributed by atoms with van der Waals surface area (Å²) in [5.41, 5.74) is 4.09. The Hall–Kier alpha value is -3.67. The smallest absolute Gasteiger partial charge is 0.262 e. The van der Waals surface area contributed by atoms with E-state index in [1.807, 2.05) is 55.5 Å². The number of fused-ring (bicyclic) bond motifs is 1. The Morgan fingerprint density at radius 3 is 2.07 bits per heavy atom. The van der Waals surface area contributed by atoms with Crippen LogP contribution in [0, 0.1) is 6.92 Å². The van der Waals surface area contributed by atoms with Crippen molar-refractivity contribution in [3.8, 4) is 17.2 Å². The fourth-order valence-corrected chi connectivity index (χ4v) is 3.62. The Morgan fingerprint density at radius 2 is 1.47 bits per heavy atom. The third-order valence-corrected chi connectivity index (χ3v) is 5.27. The van der Waals surface area contributed by atoms with Crippen LogP contribution in [0.1, 0.15) is 27.7 Å². The van der Waals surface area contributed by atoms with Crippen LogP contribution in [-0.2, 0) is 0 Å². The first kappa shape index (κ1) is 19.6. The Kier molecular flexibility index (Phi) is 5.23. The first-order chi connectivity index (χ1) is 14.5. The van der Waals surface area contributed by atoms with E-state index in [-0.39, 0.29) is 5.91 Å². The molecule has 1 aliphatic rings. The highest BCUT2D eigenvalue weighted by atomic mass is 16.5. The number of hydrogen-bond acceptors (Lipinski definition) is 5. The first-order valence-electron chi connectivity index (χ1n) is 9.62. The third kappa shape index (κ3) is 3.41. The topological polar surface area (TPSA) is 60.0 Å². The molecule has 1 N–H and O–H groups in total. The SMILES string of the molecule is COc1ccc([C@@H]2Nc3cc(OC)c(OC)cc3C(=O)N2c2ccc(C)cc2)cc1. The van der Waals surface area contributed by atoms with E-state index in [9.17, 15) is 4.79 Å². The van der Waals surface area contributed by atoms with Crippen molar-refractivity contribution in [2.24, 2.45) is 0 Å². The molecule has 6 nitrogen and oxygen atoms in total. The third-order valence-electron chi connectivity index (χ3n) is 5.27. The molecule has 0 spiro atoms. The van der Waals surface area contributed by atoms with Gasteiger partial charge in [0.1, 0.15) is 11.9 Å². The predicted molar refractivity (Wildman–Crippen MR) is 117 cm³/mol. The van der Waals surface area contributed by atoms with Gasteiger partial charge in [0, 0.05) is 11.8 Å². The summed E-state index contributed by atoms with van der Waals surface area (Å²) < 4.78 is 16.1. The number of ether oxygens (including phenoxy) is 3. The highest BCUT2D eigenvalue weighted by Gasteiger charge is 2.35. The minimum absolute atomic E-state index is 0.116. The second-order valence-corrected chi connectivity index (χ2v) is 7.08. The van der Waals surface area contributed by atoms with Gasteiger partial charge >= 0.3 is 0 Å². The maximum Gasteiger partial charge on any atom is 0.262 e. The molecular formula is C24H24N2O4. The molecule has 154 valence electrons. The lowest BCUT2D eigenvalue weighted by Crippen LogP contribution is -2.43. The summed E-state index contributed by atoms with van der Waals surface area (Å²) in [5.74, 6) is 1.72. The lowest BCUT2D eigenvalue weighted by molar-refractivity contribution is 0.0974. The molecule has 30 heavy (non-hydrogen) atoms. The van der Waals surface area contributed by atoms with Crippen LogP contribution >= 0.6 is 0 Å². The summed E-state index contributed by atoms with van der Waals surface area (Å²) in [7, 11) is 4.77. The minimum Gasteiger partial charge on any atom is -0.497 e. The van der Waals surface area contributed by atoms with E-state index in [4.69, 9.17) is 14.2 Å². The maximum absolute atomic E-state index is 13.6. The first-order valence-corrected chi connectivity index (χ1v) is 9.62. The van der Waals surface area contributed by atoms with Gasteiger partial charge in [0.2, 0.25) is 0 Å². The number of aryl methyl sites for hydroxylation is 1. The molecule has 0 bridgehead atoms. The molecule has 0 unspecified atom stereocenters. The van der Waals surface area contributed by atoms with Gasteiger partial charge in [0.05, 0.1) is 32.6 Å². The molecule has 0 saturated heterocycles. The molecule has 0 fully saturated rings. The average molecular weight is 404 g/mol. The van der Waals surface area contributed by atoms with Crippen molar-refractivity contribution in [3.63, 3.8) is 0 Å². The number of benzene rings is 3. The number of methoxy groups -OCH3 is 3. The zero-order valence-corrected chi connectivity index (χ0v) is 17.4. The standard InChI is InChI=1S/C24H24N2O4/c1-15-5-9-17(10-6-15)26-23(16-7-11-18(28-2)12-8-16)25-20-14-22(30-4)21(29-3)13-19(20)24(26)27/h5-14,23,25H,1-4H3/t23-/m1/s1. The van der Waals surface area contributed by atoms with Gasteiger partial charge in [-0.2, -0.15) is 0 Å². The molecular weight excluding hydrogens is 380 g/mol. The largest absolute Gasteiger partial charge is 0.497 e. The van der Waals surface area contributed by atoms with Crippen molar-refractivity contribution >= 4 is 17.3 Å². The van der Waals surface area contributed by atoms with Gasteiger partial charge in [-0.05, 0) is 42.8 Å². The average Bonchev–Trinajstić information content (AvgIpc) is 2.79. The van der Waals surface area contributed by atoms with Gasteiger partial charge in [-0.3, -0.25) is 9.69 Å². The molecule has 0 aromatic heterocycles. The van der Waals surface area contributed by atoms with Crippen LogP contribution in [0.15, 0.2) is 60.7 Å².